The zero-order chi connectivity index (χ0) is 19.6. The van der Waals surface area contributed by atoms with Gasteiger partial charge in [-0.3, -0.25) is 9.69 Å². The fraction of sp³-hybridized carbons (Fsp3) is 0.421. The second-order valence-electron chi connectivity index (χ2n) is 7.41. The van der Waals surface area contributed by atoms with Crippen molar-refractivity contribution in [2.24, 2.45) is 0 Å². The second kappa shape index (κ2) is 7.72. The van der Waals surface area contributed by atoms with Crippen molar-refractivity contribution in [3.63, 3.8) is 0 Å². The van der Waals surface area contributed by atoms with Gasteiger partial charge in [-0.25, -0.2) is 4.79 Å². The molecule has 1 N–H and O–H groups in total. The number of benzene rings is 1. The number of amides is 2. The Kier molecular flexibility index (Phi) is 5.55. The lowest BCUT2D eigenvalue weighted by Gasteiger charge is -2.27. The lowest BCUT2D eigenvalue weighted by Crippen LogP contribution is -2.45. The first kappa shape index (κ1) is 19.4. The minimum Gasteiger partial charge on any atom is -0.444 e. The molecule has 27 heavy (non-hydrogen) atoms. The Bertz CT molecular complexity index is 843. The Morgan fingerprint density at radius 3 is 2.81 bits per heavy atom. The fourth-order valence-corrected chi connectivity index (χ4v) is 3.30. The normalized spacial score (nSPS) is 17.0. The average Bonchev–Trinajstić information content (AvgIpc) is 3.22. The summed E-state index contributed by atoms with van der Waals surface area (Å²) in [6.45, 7) is 5.90. The van der Waals surface area contributed by atoms with Crippen LogP contribution in [0.4, 0.5) is 10.6 Å². The van der Waals surface area contributed by atoms with E-state index in [0.29, 0.717) is 24.5 Å². The van der Waals surface area contributed by atoms with Gasteiger partial charge >= 0.3 is 6.09 Å². The molecule has 1 saturated heterocycles. The van der Waals surface area contributed by atoms with Gasteiger partial charge in [0.25, 0.3) is 0 Å². The molecule has 1 aromatic carbocycles. The van der Waals surface area contributed by atoms with E-state index in [0.717, 1.165) is 16.5 Å². The highest BCUT2D eigenvalue weighted by Crippen LogP contribution is 2.26. The number of nitrogens with one attached hydrogen (secondary N) is 1. The molecule has 0 bridgehead atoms. The van der Waals surface area contributed by atoms with E-state index in [1.807, 2.05) is 24.3 Å². The van der Waals surface area contributed by atoms with Crippen molar-refractivity contribution in [2.45, 2.75) is 45.3 Å². The van der Waals surface area contributed by atoms with Gasteiger partial charge in [-0.05, 0) is 45.7 Å². The van der Waals surface area contributed by atoms with Gasteiger partial charge in [0.15, 0.2) is 11.6 Å². The molecule has 0 unspecified atom stereocenters. The van der Waals surface area contributed by atoms with Crippen LogP contribution < -0.4 is 5.32 Å². The molecule has 1 aliphatic heterocycles. The van der Waals surface area contributed by atoms with Crippen LogP contribution in [0.3, 0.4) is 0 Å². The maximum atomic E-state index is 12.6. The third-order valence-corrected chi connectivity index (χ3v) is 4.55. The molecule has 7 nitrogen and oxygen atoms in total. The fourth-order valence-electron chi connectivity index (χ4n) is 2.90. The van der Waals surface area contributed by atoms with Gasteiger partial charge in [0.2, 0.25) is 5.91 Å². The van der Waals surface area contributed by atoms with Crippen molar-refractivity contribution >= 4 is 33.7 Å². The highest BCUT2D eigenvalue weighted by molar-refractivity contribution is 9.10. The zero-order valence-corrected chi connectivity index (χ0v) is 17.1. The SMILES string of the molecule is CC(C)(C)OC(=O)N1CCC[C@H]1C(=O)Nc1cc(-c2cccc(Br)c2)on1. The molecule has 1 aromatic heterocycles. The smallest absolute Gasteiger partial charge is 0.410 e. The third-order valence-electron chi connectivity index (χ3n) is 4.05. The number of aromatic nitrogens is 1. The molecule has 0 radical (unpaired) electrons. The zero-order valence-electron chi connectivity index (χ0n) is 15.5. The summed E-state index contributed by atoms with van der Waals surface area (Å²) in [5.74, 6) is 0.556. The number of carbonyl (C=O) groups is 2. The van der Waals surface area contributed by atoms with Crippen LogP contribution in [0.15, 0.2) is 39.3 Å². The van der Waals surface area contributed by atoms with Gasteiger partial charge in [0.05, 0.1) is 0 Å². The van der Waals surface area contributed by atoms with Gasteiger partial charge in [-0.2, -0.15) is 0 Å². The van der Waals surface area contributed by atoms with Crippen molar-refractivity contribution in [2.75, 3.05) is 11.9 Å². The standard InChI is InChI=1S/C19H22BrN3O4/c1-19(2,3)26-18(25)23-9-5-8-14(23)17(24)21-16-11-15(27-22-16)12-6-4-7-13(20)10-12/h4,6-7,10-11,14H,5,8-9H2,1-3H3,(H,21,22,24)/t14-/m0/s1. The lowest BCUT2D eigenvalue weighted by atomic mass is 10.2. The maximum absolute atomic E-state index is 12.6. The van der Waals surface area contributed by atoms with Crippen LogP contribution in [0.2, 0.25) is 0 Å². The van der Waals surface area contributed by atoms with E-state index in [4.69, 9.17) is 9.26 Å². The van der Waals surface area contributed by atoms with Crippen molar-refractivity contribution < 1.29 is 18.8 Å². The van der Waals surface area contributed by atoms with Crippen LogP contribution in [0.25, 0.3) is 11.3 Å². The van der Waals surface area contributed by atoms with Gasteiger partial charge in [-0.1, -0.05) is 33.2 Å². The van der Waals surface area contributed by atoms with Gasteiger partial charge in [0, 0.05) is 22.6 Å². The van der Waals surface area contributed by atoms with Crippen molar-refractivity contribution in [1.29, 1.82) is 0 Å². The minimum atomic E-state index is -0.605. The Morgan fingerprint density at radius 2 is 2.11 bits per heavy atom. The number of anilines is 1. The Hall–Kier alpha value is -2.35. The predicted octanol–water partition coefficient (Wildman–Crippen LogP) is 4.44. The molecule has 3 rings (SSSR count). The van der Waals surface area contributed by atoms with Crippen molar-refractivity contribution in [1.82, 2.24) is 10.1 Å². The van der Waals surface area contributed by atoms with Crippen LogP contribution >= 0.6 is 15.9 Å². The van der Waals surface area contributed by atoms with E-state index in [-0.39, 0.29) is 5.91 Å². The summed E-state index contributed by atoms with van der Waals surface area (Å²) in [6, 6.07) is 8.66. The van der Waals surface area contributed by atoms with Gasteiger partial charge in [0.1, 0.15) is 11.6 Å². The Morgan fingerprint density at radius 1 is 1.33 bits per heavy atom. The third kappa shape index (κ3) is 4.88. The molecule has 0 aliphatic carbocycles. The van der Waals surface area contributed by atoms with Crippen molar-refractivity contribution in [3.05, 3.63) is 34.8 Å². The number of hydrogen-bond acceptors (Lipinski definition) is 5. The van der Waals surface area contributed by atoms with E-state index < -0.39 is 17.7 Å². The van der Waals surface area contributed by atoms with Crippen LogP contribution in [0, 0.1) is 0 Å². The summed E-state index contributed by atoms with van der Waals surface area (Å²) in [5, 5.41) is 6.64. The quantitative estimate of drug-likeness (QED) is 0.769. The van der Waals surface area contributed by atoms with Crippen LogP contribution in [-0.4, -0.2) is 40.2 Å². The molecular formula is C19H22BrN3O4. The highest BCUT2D eigenvalue weighted by Gasteiger charge is 2.36. The lowest BCUT2D eigenvalue weighted by molar-refractivity contribution is -0.120. The molecule has 144 valence electrons. The summed E-state index contributed by atoms with van der Waals surface area (Å²) < 4.78 is 11.6. The topological polar surface area (TPSA) is 84.7 Å². The number of rotatable bonds is 3. The van der Waals surface area contributed by atoms with Gasteiger partial charge < -0.3 is 14.6 Å². The van der Waals surface area contributed by atoms with Crippen LogP contribution in [0.1, 0.15) is 33.6 Å². The number of ether oxygens (including phenoxy) is 1. The first-order valence-corrected chi connectivity index (χ1v) is 9.55. The molecule has 0 spiro atoms. The molecule has 1 aliphatic rings. The van der Waals surface area contributed by atoms with Crippen molar-refractivity contribution in [3.8, 4) is 11.3 Å². The first-order chi connectivity index (χ1) is 12.7. The summed E-state index contributed by atoms with van der Waals surface area (Å²) in [5.41, 5.74) is 0.236. The number of carbonyl (C=O) groups excluding carboxylic acids is 2. The van der Waals surface area contributed by atoms with E-state index in [1.165, 1.54) is 4.90 Å². The molecule has 0 saturated carbocycles. The number of likely N-dealkylation sites (tertiary alicyclic amines) is 1. The molecule has 2 aromatic rings. The van der Waals surface area contributed by atoms with Crippen LogP contribution in [0.5, 0.6) is 0 Å². The summed E-state index contributed by atoms with van der Waals surface area (Å²) in [6.07, 6.45) is 0.857. The number of halogens is 1. The molecule has 2 heterocycles. The predicted molar refractivity (Wildman–Crippen MR) is 104 cm³/mol. The van der Waals surface area contributed by atoms with Gasteiger partial charge in [-0.15, -0.1) is 0 Å². The van der Waals surface area contributed by atoms with E-state index in [9.17, 15) is 9.59 Å². The largest absolute Gasteiger partial charge is 0.444 e. The first-order valence-electron chi connectivity index (χ1n) is 8.76. The summed E-state index contributed by atoms with van der Waals surface area (Å²) in [7, 11) is 0. The van der Waals surface area contributed by atoms with E-state index >= 15 is 0 Å². The number of nitrogens with zero attached hydrogens (tertiary/aromatic N) is 2. The minimum absolute atomic E-state index is 0.299. The summed E-state index contributed by atoms with van der Waals surface area (Å²) in [4.78, 5) is 26.4. The monoisotopic (exact) mass is 435 g/mol. The molecule has 8 heteroatoms. The molecule has 2 amide bonds. The maximum Gasteiger partial charge on any atom is 0.410 e. The second-order valence-corrected chi connectivity index (χ2v) is 8.32. The van der Waals surface area contributed by atoms with Crippen LogP contribution in [-0.2, 0) is 9.53 Å². The van der Waals surface area contributed by atoms with E-state index in [1.54, 1.807) is 26.8 Å². The molecule has 1 fully saturated rings. The molecular weight excluding hydrogens is 414 g/mol. The highest BCUT2D eigenvalue weighted by atomic mass is 79.9. The summed E-state index contributed by atoms with van der Waals surface area (Å²) >= 11 is 3.41. The number of hydrogen-bond donors (Lipinski definition) is 1. The Labute approximate surface area is 166 Å². The van der Waals surface area contributed by atoms with E-state index in [2.05, 4.69) is 26.4 Å². The Balaban J connectivity index is 1.67. The average molecular weight is 436 g/mol. The molecule has 1 atom stereocenters.